The van der Waals surface area contributed by atoms with E-state index in [-0.39, 0.29) is 0 Å². The van der Waals surface area contributed by atoms with Gasteiger partial charge >= 0.3 is 0 Å². The van der Waals surface area contributed by atoms with E-state index in [1.165, 1.54) is 11.1 Å². The van der Waals surface area contributed by atoms with E-state index < -0.39 is 0 Å². The lowest BCUT2D eigenvalue weighted by Crippen LogP contribution is -2.14. The number of benzene rings is 1. The van der Waals surface area contributed by atoms with E-state index in [2.05, 4.69) is 42.9 Å². The van der Waals surface area contributed by atoms with E-state index in [0.29, 0.717) is 0 Å². The Morgan fingerprint density at radius 1 is 1.33 bits per heavy atom. The fraction of sp³-hybridized carbons (Fsp3) is 0.308. The molecule has 1 heterocycles. The van der Waals surface area contributed by atoms with Crippen LogP contribution in [0.4, 0.5) is 5.69 Å². The van der Waals surface area contributed by atoms with Crippen LogP contribution in [0.2, 0.25) is 0 Å². The summed E-state index contributed by atoms with van der Waals surface area (Å²) in [6.45, 7) is 10.3. The van der Waals surface area contributed by atoms with E-state index in [4.69, 9.17) is 0 Å². The first kappa shape index (κ1) is 9.97. The van der Waals surface area contributed by atoms with Crippen LogP contribution in [0.1, 0.15) is 30.5 Å². The lowest BCUT2D eigenvalue weighted by molar-refractivity contribution is 1.10. The molecule has 0 unspecified atom stereocenters. The molecule has 0 aromatic heterocycles. The van der Waals surface area contributed by atoms with Crippen LogP contribution >= 0.6 is 0 Å². The van der Waals surface area contributed by atoms with Crippen molar-refractivity contribution in [2.24, 2.45) is 4.99 Å². The van der Waals surface area contributed by atoms with Gasteiger partial charge in [0, 0.05) is 11.3 Å². The van der Waals surface area contributed by atoms with Gasteiger partial charge in [0.05, 0.1) is 5.70 Å². The fourth-order valence-corrected chi connectivity index (χ4v) is 1.96. The summed E-state index contributed by atoms with van der Waals surface area (Å²) >= 11 is 0. The molecule has 1 aliphatic heterocycles. The van der Waals surface area contributed by atoms with Crippen LogP contribution in [0.25, 0.3) is 5.70 Å². The lowest BCUT2D eigenvalue weighted by atomic mass is 9.99. The largest absolute Gasteiger partial charge is 0.343 e. The Bertz CT molecular complexity index is 456. The van der Waals surface area contributed by atoms with Gasteiger partial charge in [0.2, 0.25) is 0 Å². The molecule has 1 aromatic carbocycles. The van der Waals surface area contributed by atoms with Crippen molar-refractivity contribution in [3.8, 4) is 0 Å². The third-order valence-corrected chi connectivity index (χ3v) is 2.79. The van der Waals surface area contributed by atoms with Crippen LogP contribution in [-0.4, -0.2) is 5.84 Å². The van der Waals surface area contributed by atoms with Crippen LogP contribution in [0.15, 0.2) is 23.7 Å². The highest BCUT2D eigenvalue weighted by atomic mass is 15.0. The predicted molar refractivity (Wildman–Crippen MR) is 66.3 cm³/mol. The SMILES string of the molecule is C=C1N=C(C)Nc2cc(C)c(CC)cc21. The zero-order chi connectivity index (χ0) is 11.0. The molecule has 2 nitrogen and oxygen atoms in total. The van der Waals surface area contributed by atoms with Crippen LogP contribution in [0.5, 0.6) is 0 Å². The van der Waals surface area contributed by atoms with E-state index in [1.54, 1.807) is 0 Å². The molecule has 0 saturated carbocycles. The second kappa shape index (κ2) is 3.54. The first-order chi connectivity index (χ1) is 7.11. The van der Waals surface area contributed by atoms with Gasteiger partial charge in [0.25, 0.3) is 0 Å². The summed E-state index contributed by atoms with van der Waals surface area (Å²) in [7, 11) is 0. The third kappa shape index (κ3) is 1.67. The maximum absolute atomic E-state index is 4.34. The Balaban J connectivity index is 2.57. The fourth-order valence-electron chi connectivity index (χ4n) is 1.96. The minimum Gasteiger partial charge on any atom is -0.343 e. The topological polar surface area (TPSA) is 24.4 Å². The number of rotatable bonds is 1. The molecule has 0 bridgehead atoms. The molecule has 78 valence electrons. The summed E-state index contributed by atoms with van der Waals surface area (Å²) in [5.41, 5.74) is 5.80. The van der Waals surface area contributed by atoms with Gasteiger partial charge < -0.3 is 5.32 Å². The molecule has 0 amide bonds. The standard InChI is InChI=1S/C13H16N2/c1-5-11-7-12-9(3)14-10(4)15-13(12)6-8(11)2/h6-7H,3,5H2,1-2,4H3,(H,14,15). The number of hydrogen-bond acceptors (Lipinski definition) is 2. The van der Waals surface area contributed by atoms with E-state index in [0.717, 1.165) is 29.2 Å². The Morgan fingerprint density at radius 3 is 2.73 bits per heavy atom. The number of anilines is 1. The average molecular weight is 200 g/mol. The molecule has 2 rings (SSSR count). The molecule has 0 aliphatic carbocycles. The Morgan fingerprint density at radius 2 is 2.07 bits per heavy atom. The molecule has 0 fully saturated rings. The average Bonchev–Trinajstić information content (AvgIpc) is 2.16. The van der Waals surface area contributed by atoms with Crippen LogP contribution in [0, 0.1) is 6.92 Å². The number of aryl methyl sites for hydroxylation is 2. The van der Waals surface area contributed by atoms with Gasteiger partial charge in [-0.1, -0.05) is 13.5 Å². The maximum Gasteiger partial charge on any atom is 0.103 e. The van der Waals surface area contributed by atoms with Crippen LogP contribution < -0.4 is 5.32 Å². The number of nitrogens with one attached hydrogen (secondary N) is 1. The number of fused-ring (bicyclic) bond motifs is 1. The molecule has 1 aromatic rings. The van der Waals surface area contributed by atoms with Gasteiger partial charge in [-0.25, -0.2) is 4.99 Å². The quantitative estimate of drug-likeness (QED) is 0.738. The molecule has 2 heteroatoms. The number of amidine groups is 1. The van der Waals surface area contributed by atoms with E-state index in [9.17, 15) is 0 Å². The Kier molecular flexibility index (Phi) is 2.35. The summed E-state index contributed by atoms with van der Waals surface area (Å²) in [5.74, 6) is 0.913. The zero-order valence-corrected chi connectivity index (χ0v) is 9.52. The molecule has 1 N–H and O–H groups in total. The van der Waals surface area contributed by atoms with Crippen LogP contribution in [0.3, 0.4) is 0 Å². The van der Waals surface area contributed by atoms with E-state index in [1.807, 2.05) is 6.92 Å². The Labute approximate surface area is 90.7 Å². The molecule has 0 saturated heterocycles. The van der Waals surface area contributed by atoms with Gasteiger partial charge in [-0.05, 0) is 43.5 Å². The third-order valence-electron chi connectivity index (χ3n) is 2.79. The second-order valence-corrected chi connectivity index (χ2v) is 3.95. The van der Waals surface area contributed by atoms with Gasteiger partial charge in [0.1, 0.15) is 5.84 Å². The van der Waals surface area contributed by atoms with Crippen LogP contribution in [-0.2, 0) is 6.42 Å². The van der Waals surface area contributed by atoms with Crippen molar-refractivity contribution in [3.63, 3.8) is 0 Å². The summed E-state index contributed by atoms with van der Waals surface area (Å²) < 4.78 is 0. The van der Waals surface area contributed by atoms with Crippen molar-refractivity contribution in [2.45, 2.75) is 27.2 Å². The van der Waals surface area contributed by atoms with Crippen molar-refractivity contribution in [2.75, 3.05) is 5.32 Å². The maximum atomic E-state index is 4.34. The van der Waals surface area contributed by atoms with Gasteiger partial charge in [-0.2, -0.15) is 0 Å². The number of nitrogens with zero attached hydrogens (tertiary/aromatic N) is 1. The highest BCUT2D eigenvalue weighted by Gasteiger charge is 2.13. The zero-order valence-electron chi connectivity index (χ0n) is 9.52. The van der Waals surface area contributed by atoms with Crippen molar-refractivity contribution >= 4 is 17.2 Å². The molecule has 15 heavy (non-hydrogen) atoms. The minimum atomic E-state index is 0.857. The predicted octanol–water partition coefficient (Wildman–Crippen LogP) is 3.37. The first-order valence-electron chi connectivity index (χ1n) is 5.27. The summed E-state index contributed by atoms with van der Waals surface area (Å²) in [6.07, 6.45) is 1.05. The first-order valence-corrected chi connectivity index (χ1v) is 5.27. The van der Waals surface area contributed by atoms with E-state index >= 15 is 0 Å². The summed E-state index contributed by atoms with van der Waals surface area (Å²) in [6, 6.07) is 4.37. The molecular weight excluding hydrogens is 184 g/mol. The lowest BCUT2D eigenvalue weighted by Gasteiger charge is -2.19. The molecular formula is C13H16N2. The second-order valence-electron chi connectivity index (χ2n) is 3.95. The van der Waals surface area contributed by atoms with Gasteiger partial charge in [0.15, 0.2) is 0 Å². The van der Waals surface area contributed by atoms with Crippen molar-refractivity contribution < 1.29 is 0 Å². The van der Waals surface area contributed by atoms with Crippen molar-refractivity contribution in [1.82, 2.24) is 0 Å². The Hall–Kier alpha value is -1.57. The van der Waals surface area contributed by atoms with Crippen molar-refractivity contribution in [3.05, 3.63) is 35.4 Å². The summed E-state index contributed by atoms with van der Waals surface area (Å²) in [5, 5.41) is 3.27. The summed E-state index contributed by atoms with van der Waals surface area (Å²) in [4.78, 5) is 4.34. The van der Waals surface area contributed by atoms with Gasteiger partial charge in [-0.3, -0.25) is 0 Å². The molecule has 0 spiro atoms. The smallest absolute Gasteiger partial charge is 0.103 e. The minimum absolute atomic E-state index is 0.857. The number of hydrogen-bond donors (Lipinski definition) is 1. The highest BCUT2D eigenvalue weighted by Crippen LogP contribution is 2.30. The number of aliphatic imine (C=N–C) groups is 1. The molecule has 1 aliphatic rings. The molecule has 0 atom stereocenters. The normalized spacial score (nSPS) is 14.3. The highest BCUT2D eigenvalue weighted by molar-refractivity contribution is 6.03. The van der Waals surface area contributed by atoms with Crippen molar-refractivity contribution in [1.29, 1.82) is 0 Å². The van der Waals surface area contributed by atoms with Gasteiger partial charge in [-0.15, -0.1) is 0 Å². The molecule has 0 radical (unpaired) electrons. The monoisotopic (exact) mass is 200 g/mol.